The summed E-state index contributed by atoms with van der Waals surface area (Å²) in [7, 11) is 0. The van der Waals surface area contributed by atoms with Crippen molar-refractivity contribution in [2.24, 2.45) is 5.41 Å². The molecule has 72 valence electrons. The summed E-state index contributed by atoms with van der Waals surface area (Å²) in [6.45, 7) is 0. The molecule has 1 aromatic carbocycles. The van der Waals surface area contributed by atoms with Crippen molar-refractivity contribution in [2.75, 3.05) is 0 Å². The van der Waals surface area contributed by atoms with Crippen molar-refractivity contribution in [1.82, 2.24) is 0 Å². The number of nitriles is 1. The van der Waals surface area contributed by atoms with E-state index >= 15 is 0 Å². The summed E-state index contributed by atoms with van der Waals surface area (Å²) in [5.41, 5.74) is 0.305. The lowest BCUT2D eigenvalue weighted by Gasteiger charge is -2.15. The highest BCUT2D eigenvalue weighted by molar-refractivity contribution is 9.10. The maximum Gasteiger partial charge on any atom is 0.0976 e. The van der Waals surface area contributed by atoms with Gasteiger partial charge < -0.3 is 5.11 Å². The predicted molar refractivity (Wildman–Crippen MR) is 56.4 cm³/mol. The van der Waals surface area contributed by atoms with Gasteiger partial charge in [-0.15, -0.1) is 0 Å². The predicted octanol–water partition coefficient (Wildman–Crippen LogP) is 2.79. The molecule has 0 aromatic heterocycles. The number of hydrogen-bond acceptors (Lipinski definition) is 2. The Morgan fingerprint density at radius 2 is 2.21 bits per heavy atom. The van der Waals surface area contributed by atoms with Crippen LogP contribution < -0.4 is 0 Å². The first-order valence-electron chi connectivity index (χ1n) is 4.53. The van der Waals surface area contributed by atoms with Crippen molar-refractivity contribution < 1.29 is 5.11 Å². The highest BCUT2D eigenvalue weighted by Gasteiger charge is 2.50. The molecule has 2 rings (SSSR count). The van der Waals surface area contributed by atoms with Crippen LogP contribution in [0, 0.1) is 16.7 Å². The molecule has 0 saturated heterocycles. The Labute approximate surface area is 91.3 Å². The van der Waals surface area contributed by atoms with Crippen LogP contribution in [0.5, 0.6) is 0 Å². The molecule has 1 N–H and O–H groups in total. The Kier molecular flexibility index (Phi) is 2.34. The molecule has 0 aliphatic heterocycles. The van der Waals surface area contributed by atoms with Crippen LogP contribution in [0.3, 0.4) is 0 Å². The molecule has 1 fully saturated rings. The monoisotopic (exact) mass is 251 g/mol. The molecule has 3 heteroatoms. The second-order valence-electron chi connectivity index (χ2n) is 3.73. The first kappa shape index (κ1) is 9.70. The van der Waals surface area contributed by atoms with Crippen LogP contribution in [0.15, 0.2) is 28.7 Å². The number of hydrogen-bond donors (Lipinski definition) is 1. The summed E-state index contributed by atoms with van der Waals surface area (Å²) < 4.78 is 0.933. The number of nitrogens with zero attached hydrogens (tertiary/aromatic N) is 1. The summed E-state index contributed by atoms with van der Waals surface area (Å²) in [4.78, 5) is 0. The normalized spacial score (nSPS) is 19.8. The first-order chi connectivity index (χ1) is 6.68. The van der Waals surface area contributed by atoms with Gasteiger partial charge in [-0.05, 0) is 30.5 Å². The van der Waals surface area contributed by atoms with Crippen LogP contribution >= 0.6 is 15.9 Å². The smallest absolute Gasteiger partial charge is 0.0976 e. The minimum atomic E-state index is -0.648. The molecule has 0 radical (unpaired) electrons. The third-order valence-corrected chi connectivity index (χ3v) is 3.19. The van der Waals surface area contributed by atoms with Gasteiger partial charge in [0.25, 0.3) is 0 Å². The van der Waals surface area contributed by atoms with E-state index < -0.39 is 11.5 Å². The van der Waals surface area contributed by atoms with E-state index in [1.165, 1.54) is 0 Å². The zero-order valence-electron chi connectivity index (χ0n) is 7.57. The lowest BCUT2D eigenvalue weighted by molar-refractivity contribution is 0.123. The second kappa shape index (κ2) is 3.38. The molecule has 1 unspecified atom stereocenters. The molecular weight excluding hydrogens is 242 g/mol. The summed E-state index contributed by atoms with van der Waals surface area (Å²) in [5.74, 6) is 0. The molecule has 1 aliphatic rings. The minimum absolute atomic E-state index is 0.513. The van der Waals surface area contributed by atoms with Gasteiger partial charge >= 0.3 is 0 Å². The zero-order valence-corrected chi connectivity index (χ0v) is 9.16. The molecular formula is C11H10BrNO. The zero-order chi connectivity index (χ0) is 10.2. The fraction of sp³-hybridized carbons (Fsp3) is 0.364. The molecule has 1 saturated carbocycles. The van der Waals surface area contributed by atoms with Crippen molar-refractivity contribution in [3.8, 4) is 6.07 Å². The van der Waals surface area contributed by atoms with Gasteiger partial charge in [-0.2, -0.15) is 5.26 Å². The van der Waals surface area contributed by atoms with Gasteiger partial charge in [0, 0.05) is 4.47 Å². The Bertz CT molecular complexity index is 393. The molecule has 1 aliphatic carbocycles. The van der Waals surface area contributed by atoms with Gasteiger partial charge in [0.05, 0.1) is 17.6 Å². The van der Waals surface area contributed by atoms with E-state index in [-0.39, 0.29) is 0 Å². The number of aliphatic hydroxyl groups excluding tert-OH is 1. The molecule has 0 bridgehead atoms. The highest BCUT2D eigenvalue weighted by atomic mass is 79.9. The van der Waals surface area contributed by atoms with E-state index in [2.05, 4.69) is 22.0 Å². The molecule has 2 nitrogen and oxygen atoms in total. The van der Waals surface area contributed by atoms with E-state index in [4.69, 9.17) is 5.26 Å². The van der Waals surface area contributed by atoms with Crippen molar-refractivity contribution in [3.63, 3.8) is 0 Å². The third kappa shape index (κ3) is 1.56. The van der Waals surface area contributed by atoms with E-state index in [1.54, 1.807) is 0 Å². The van der Waals surface area contributed by atoms with E-state index in [0.29, 0.717) is 0 Å². The molecule has 1 aromatic rings. The van der Waals surface area contributed by atoms with Crippen LogP contribution in [-0.4, -0.2) is 5.11 Å². The highest BCUT2D eigenvalue weighted by Crippen LogP contribution is 2.54. The molecule has 14 heavy (non-hydrogen) atoms. The second-order valence-corrected chi connectivity index (χ2v) is 4.64. The van der Waals surface area contributed by atoms with E-state index in [1.807, 2.05) is 24.3 Å². The number of benzene rings is 1. The Morgan fingerprint density at radius 1 is 1.50 bits per heavy atom. The quantitative estimate of drug-likeness (QED) is 0.879. The molecule has 0 amide bonds. The summed E-state index contributed by atoms with van der Waals surface area (Å²) in [6, 6.07) is 9.70. The number of aliphatic hydroxyl groups is 1. The lowest BCUT2D eigenvalue weighted by Crippen LogP contribution is -2.11. The number of halogens is 1. The Morgan fingerprint density at radius 3 is 2.71 bits per heavy atom. The van der Waals surface area contributed by atoms with Gasteiger partial charge in [0.2, 0.25) is 0 Å². The van der Waals surface area contributed by atoms with Crippen LogP contribution in [0.4, 0.5) is 0 Å². The molecule has 1 atom stereocenters. The summed E-state index contributed by atoms with van der Waals surface area (Å²) >= 11 is 3.35. The van der Waals surface area contributed by atoms with Crippen molar-refractivity contribution in [2.45, 2.75) is 18.9 Å². The molecule has 0 spiro atoms. The Balaban J connectivity index is 2.28. The average molecular weight is 252 g/mol. The van der Waals surface area contributed by atoms with Crippen LogP contribution in [0.25, 0.3) is 0 Å². The standard InChI is InChI=1S/C11H10BrNO/c12-9-3-1-2-8(6-9)10(14)11(7-13)4-5-11/h1-3,6,10,14H,4-5H2. The van der Waals surface area contributed by atoms with Gasteiger partial charge in [-0.1, -0.05) is 28.1 Å². The Hall–Kier alpha value is -0.850. The lowest BCUT2D eigenvalue weighted by atomic mass is 9.94. The fourth-order valence-corrected chi connectivity index (χ4v) is 1.99. The fourth-order valence-electron chi connectivity index (χ4n) is 1.58. The number of rotatable bonds is 2. The van der Waals surface area contributed by atoms with Gasteiger partial charge in [-0.25, -0.2) is 0 Å². The minimum Gasteiger partial charge on any atom is -0.387 e. The average Bonchev–Trinajstić information content (AvgIpc) is 2.97. The first-order valence-corrected chi connectivity index (χ1v) is 5.32. The van der Waals surface area contributed by atoms with Crippen molar-refractivity contribution in [3.05, 3.63) is 34.3 Å². The maximum absolute atomic E-state index is 9.99. The van der Waals surface area contributed by atoms with Gasteiger partial charge in [0.15, 0.2) is 0 Å². The topological polar surface area (TPSA) is 44.0 Å². The van der Waals surface area contributed by atoms with Crippen molar-refractivity contribution in [1.29, 1.82) is 5.26 Å². The largest absolute Gasteiger partial charge is 0.387 e. The van der Waals surface area contributed by atoms with Crippen LogP contribution in [0.2, 0.25) is 0 Å². The van der Waals surface area contributed by atoms with Crippen molar-refractivity contribution >= 4 is 15.9 Å². The van der Waals surface area contributed by atoms with Gasteiger partial charge in [0.1, 0.15) is 0 Å². The van der Waals surface area contributed by atoms with Crippen LogP contribution in [-0.2, 0) is 0 Å². The van der Waals surface area contributed by atoms with Crippen LogP contribution in [0.1, 0.15) is 24.5 Å². The molecule has 0 heterocycles. The van der Waals surface area contributed by atoms with E-state index in [0.717, 1.165) is 22.9 Å². The SMILES string of the molecule is N#CC1(C(O)c2cccc(Br)c2)CC1. The summed E-state index contributed by atoms with van der Waals surface area (Å²) in [5, 5.41) is 18.9. The summed E-state index contributed by atoms with van der Waals surface area (Å²) in [6.07, 6.45) is 0.957. The maximum atomic E-state index is 9.99. The van der Waals surface area contributed by atoms with Gasteiger partial charge in [-0.3, -0.25) is 0 Å². The van der Waals surface area contributed by atoms with E-state index in [9.17, 15) is 5.11 Å². The third-order valence-electron chi connectivity index (χ3n) is 2.70.